The Bertz CT molecular complexity index is 631. The number of methoxy groups -OCH3 is 1. The summed E-state index contributed by atoms with van der Waals surface area (Å²) >= 11 is 0. The molecule has 1 atom stereocenters. The van der Waals surface area contributed by atoms with Crippen molar-refractivity contribution in [1.82, 2.24) is 14.9 Å². The zero-order valence-electron chi connectivity index (χ0n) is 11.8. The van der Waals surface area contributed by atoms with E-state index in [1.165, 1.54) is 7.11 Å². The molecule has 1 aromatic heterocycles. The number of esters is 1. The Kier molecular flexibility index (Phi) is 3.44. The fraction of sp³-hybridized carbons (Fsp3) is 0.467. The van der Waals surface area contributed by atoms with Crippen molar-refractivity contribution < 1.29 is 9.53 Å². The topological polar surface area (TPSA) is 56.2 Å². The van der Waals surface area contributed by atoms with Crippen LogP contribution in [-0.4, -0.2) is 34.7 Å². The molecular weight excluding hydrogens is 254 g/mol. The van der Waals surface area contributed by atoms with E-state index < -0.39 is 0 Å². The van der Waals surface area contributed by atoms with Crippen LogP contribution in [0.4, 0.5) is 0 Å². The SMILES string of the molecule is COC(=O)C(Cn1c(C)nc2ccccc21)NC1CC1. The zero-order chi connectivity index (χ0) is 14.1. The molecule has 0 amide bonds. The zero-order valence-corrected chi connectivity index (χ0v) is 11.8. The van der Waals surface area contributed by atoms with E-state index in [1.807, 2.05) is 31.2 Å². The highest BCUT2D eigenvalue weighted by molar-refractivity contribution is 5.78. The van der Waals surface area contributed by atoms with Gasteiger partial charge in [0.25, 0.3) is 0 Å². The summed E-state index contributed by atoms with van der Waals surface area (Å²) in [5.41, 5.74) is 2.01. The van der Waals surface area contributed by atoms with Crippen LogP contribution in [0.1, 0.15) is 18.7 Å². The summed E-state index contributed by atoms with van der Waals surface area (Å²) in [6.07, 6.45) is 2.27. The van der Waals surface area contributed by atoms with Crippen molar-refractivity contribution in [3.63, 3.8) is 0 Å². The average Bonchev–Trinajstić information content (AvgIpc) is 3.21. The molecule has 3 rings (SSSR count). The van der Waals surface area contributed by atoms with Crippen LogP contribution in [0.3, 0.4) is 0 Å². The number of ether oxygens (including phenoxy) is 1. The first-order valence-corrected chi connectivity index (χ1v) is 6.95. The van der Waals surface area contributed by atoms with Crippen molar-refractivity contribution in [2.75, 3.05) is 7.11 Å². The quantitative estimate of drug-likeness (QED) is 0.841. The Morgan fingerprint density at radius 3 is 2.95 bits per heavy atom. The van der Waals surface area contributed by atoms with Crippen LogP contribution in [0.5, 0.6) is 0 Å². The van der Waals surface area contributed by atoms with Crippen molar-refractivity contribution >= 4 is 17.0 Å². The standard InChI is InChI=1S/C15H19N3O2/c1-10-16-12-5-3-4-6-14(12)18(10)9-13(15(19)20-2)17-11-7-8-11/h3-6,11,13,17H,7-9H2,1-2H3. The van der Waals surface area contributed by atoms with Crippen LogP contribution < -0.4 is 5.32 Å². The van der Waals surface area contributed by atoms with Crippen molar-refractivity contribution in [2.45, 2.75) is 38.4 Å². The number of hydrogen-bond donors (Lipinski definition) is 1. The summed E-state index contributed by atoms with van der Waals surface area (Å²) in [5.74, 6) is 0.701. The molecule has 1 aliphatic rings. The summed E-state index contributed by atoms with van der Waals surface area (Å²) in [7, 11) is 1.43. The van der Waals surface area contributed by atoms with Gasteiger partial charge in [-0.25, -0.2) is 4.98 Å². The van der Waals surface area contributed by atoms with E-state index in [-0.39, 0.29) is 12.0 Å². The van der Waals surface area contributed by atoms with Gasteiger partial charge in [-0.05, 0) is 31.9 Å². The molecule has 0 aliphatic heterocycles. The molecular formula is C15H19N3O2. The summed E-state index contributed by atoms with van der Waals surface area (Å²) in [6, 6.07) is 8.11. The molecule has 0 radical (unpaired) electrons. The van der Waals surface area contributed by atoms with Gasteiger partial charge in [0.05, 0.1) is 24.7 Å². The third kappa shape index (κ3) is 2.54. The predicted octanol–water partition coefficient (Wildman–Crippen LogP) is 1.64. The predicted molar refractivity (Wildman–Crippen MR) is 76.4 cm³/mol. The van der Waals surface area contributed by atoms with Crippen molar-refractivity contribution in [3.8, 4) is 0 Å². The van der Waals surface area contributed by atoms with E-state index in [1.54, 1.807) is 0 Å². The van der Waals surface area contributed by atoms with Gasteiger partial charge in [-0.2, -0.15) is 0 Å². The molecule has 20 heavy (non-hydrogen) atoms. The van der Waals surface area contributed by atoms with Crippen molar-refractivity contribution in [1.29, 1.82) is 0 Å². The van der Waals surface area contributed by atoms with Gasteiger partial charge >= 0.3 is 5.97 Å². The van der Waals surface area contributed by atoms with E-state index in [0.29, 0.717) is 12.6 Å². The normalized spacial score (nSPS) is 16.3. The lowest BCUT2D eigenvalue weighted by Crippen LogP contribution is -2.42. The fourth-order valence-electron chi connectivity index (χ4n) is 2.48. The van der Waals surface area contributed by atoms with E-state index in [9.17, 15) is 4.79 Å². The van der Waals surface area contributed by atoms with Crippen LogP contribution in [0.15, 0.2) is 24.3 Å². The number of rotatable bonds is 5. The van der Waals surface area contributed by atoms with E-state index in [4.69, 9.17) is 4.74 Å². The molecule has 1 heterocycles. The van der Waals surface area contributed by atoms with Gasteiger partial charge < -0.3 is 14.6 Å². The minimum Gasteiger partial charge on any atom is -0.468 e. The highest BCUT2D eigenvalue weighted by atomic mass is 16.5. The highest BCUT2D eigenvalue weighted by Gasteiger charge is 2.29. The lowest BCUT2D eigenvalue weighted by atomic mass is 10.2. The smallest absolute Gasteiger partial charge is 0.324 e. The molecule has 1 saturated carbocycles. The summed E-state index contributed by atoms with van der Waals surface area (Å²) in [4.78, 5) is 16.5. The molecule has 0 bridgehead atoms. The van der Waals surface area contributed by atoms with Gasteiger partial charge in [0.15, 0.2) is 0 Å². The van der Waals surface area contributed by atoms with Crippen LogP contribution >= 0.6 is 0 Å². The molecule has 1 fully saturated rings. The molecule has 2 aromatic rings. The molecule has 1 N–H and O–H groups in total. The van der Waals surface area contributed by atoms with Gasteiger partial charge in [0.2, 0.25) is 0 Å². The number of carbonyl (C=O) groups is 1. The first-order chi connectivity index (χ1) is 9.69. The maximum absolute atomic E-state index is 11.9. The Labute approximate surface area is 117 Å². The van der Waals surface area contributed by atoms with E-state index in [0.717, 1.165) is 29.7 Å². The largest absolute Gasteiger partial charge is 0.468 e. The molecule has 106 valence electrons. The third-order valence-electron chi connectivity index (χ3n) is 3.71. The fourth-order valence-corrected chi connectivity index (χ4v) is 2.48. The van der Waals surface area contributed by atoms with Crippen molar-refractivity contribution in [3.05, 3.63) is 30.1 Å². The molecule has 1 aliphatic carbocycles. The third-order valence-corrected chi connectivity index (χ3v) is 3.71. The van der Waals surface area contributed by atoms with Crippen molar-refractivity contribution in [2.24, 2.45) is 0 Å². The number of carbonyl (C=O) groups excluding carboxylic acids is 1. The number of aromatic nitrogens is 2. The maximum Gasteiger partial charge on any atom is 0.324 e. The molecule has 0 spiro atoms. The minimum absolute atomic E-state index is 0.214. The van der Waals surface area contributed by atoms with Gasteiger partial charge in [-0.1, -0.05) is 12.1 Å². The second-order valence-corrected chi connectivity index (χ2v) is 5.28. The number of imidazole rings is 1. The van der Waals surface area contributed by atoms with Crippen LogP contribution in [0, 0.1) is 6.92 Å². The van der Waals surface area contributed by atoms with Crippen LogP contribution in [0.2, 0.25) is 0 Å². The number of nitrogens with zero attached hydrogens (tertiary/aromatic N) is 2. The van der Waals surface area contributed by atoms with E-state index in [2.05, 4.69) is 14.9 Å². The van der Waals surface area contributed by atoms with Crippen LogP contribution in [0.25, 0.3) is 11.0 Å². The Hall–Kier alpha value is -1.88. The minimum atomic E-state index is -0.316. The highest BCUT2D eigenvalue weighted by Crippen LogP contribution is 2.21. The number of aryl methyl sites for hydroxylation is 1. The Morgan fingerprint density at radius 1 is 1.50 bits per heavy atom. The molecule has 5 heteroatoms. The van der Waals surface area contributed by atoms with Gasteiger partial charge in [0.1, 0.15) is 11.9 Å². The molecule has 1 unspecified atom stereocenters. The number of hydrogen-bond acceptors (Lipinski definition) is 4. The summed E-state index contributed by atoms with van der Waals surface area (Å²) < 4.78 is 6.98. The van der Waals surface area contributed by atoms with Gasteiger partial charge in [0, 0.05) is 6.04 Å². The average molecular weight is 273 g/mol. The maximum atomic E-state index is 11.9. The Balaban J connectivity index is 1.88. The number of nitrogens with one attached hydrogen (secondary N) is 1. The number of para-hydroxylation sites is 2. The first-order valence-electron chi connectivity index (χ1n) is 6.95. The lowest BCUT2D eigenvalue weighted by Gasteiger charge is -2.18. The lowest BCUT2D eigenvalue weighted by molar-refractivity contribution is -0.143. The number of benzene rings is 1. The number of fused-ring (bicyclic) bond motifs is 1. The molecule has 0 saturated heterocycles. The second-order valence-electron chi connectivity index (χ2n) is 5.28. The Morgan fingerprint density at radius 2 is 2.25 bits per heavy atom. The van der Waals surface area contributed by atoms with Gasteiger partial charge in [-0.15, -0.1) is 0 Å². The second kappa shape index (κ2) is 5.25. The van der Waals surface area contributed by atoms with Crippen LogP contribution in [-0.2, 0) is 16.1 Å². The monoisotopic (exact) mass is 273 g/mol. The van der Waals surface area contributed by atoms with Gasteiger partial charge in [-0.3, -0.25) is 4.79 Å². The molecule has 1 aromatic carbocycles. The van der Waals surface area contributed by atoms with E-state index >= 15 is 0 Å². The summed E-state index contributed by atoms with van der Waals surface area (Å²) in [5, 5.41) is 3.35. The molecule has 5 nitrogen and oxygen atoms in total. The first kappa shape index (κ1) is 13.1. The summed E-state index contributed by atoms with van der Waals surface area (Å²) in [6.45, 7) is 2.51.